The molecular weight excluding hydrogens is 274 g/mol. The summed E-state index contributed by atoms with van der Waals surface area (Å²) >= 11 is 0. The van der Waals surface area contributed by atoms with Gasteiger partial charge >= 0.3 is 5.97 Å². The van der Waals surface area contributed by atoms with Crippen molar-refractivity contribution in [2.75, 3.05) is 0 Å². The molecule has 0 bridgehead atoms. The van der Waals surface area contributed by atoms with Crippen LogP contribution in [-0.2, 0) is 11.3 Å². The summed E-state index contributed by atoms with van der Waals surface area (Å²) < 4.78 is 0. The quantitative estimate of drug-likeness (QED) is 0.861. The summed E-state index contributed by atoms with van der Waals surface area (Å²) in [4.78, 5) is 11.0. The van der Waals surface area contributed by atoms with E-state index in [4.69, 9.17) is 5.11 Å². The lowest BCUT2D eigenvalue weighted by Gasteiger charge is -2.27. The second-order valence-corrected chi connectivity index (χ2v) is 6.99. The number of nitrogens with one attached hydrogen (secondary N) is 1. The van der Waals surface area contributed by atoms with E-state index in [0.717, 1.165) is 38.1 Å². The summed E-state index contributed by atoms with van der Waals surface area (Å²) in [6.45, 7) is 0.896. The van der Waals surface area contributed by atoms with Gasteiger partial charge in [0, 0.05) is 12.6 Å². The molecule has 0 radical (unpaired) electrons. The molecule has 3 heteroatoms. The van der Waals surface area contributed by atoms with Crippen LogP contribution in [0.2, 0.25) is 0 Å². The van der Waals surface area contributed by atoms with E-state index in [-0.39, 0.29) is 5.92 Å². The smallest absolute Gasteiger partial charge is 0.306 e. The Morgan fingerprint density at radius 3 is 2.23 bits per heavy atom. The Balaban J connectivity index is 1.45. The number of carboxylic acids is 1. The highest BCUT2D eigenvalue weighted by Crippen LogP contribution is 2.34. The van der Waals surface area contributed by atoms with Gasteiger partial charge in [-0.05, 0) is 55.6 Å². The van der Waals surface area contributed by atoms with Crippen molar-refractivity contribution < 1.29 is 9.90 Å². The molecule has 2 aliphatic rings. The number of hydrogen-bond acceptors (Lipinski definition) is 2. The minimum atomic E-state index is -0.624. The largest absolute Gasteiger partial charge is 0.481 e. The zero-order chi connectivity index (χ0) is 15.4. The van der Waals surface area contributed by atoms with Gasteiger partial charge in [0.15, 0.2) is 0 Å². The molecule has 0 aromatic heterocycles. The summed E-state index contributed by atoms with van der Waals surface area (Å²) in [5, 5.41) is 12.6. The van der Waals surface area contributed by atoms with E-state index in [1.807, 2.05) is 0 Å². The standard InChI is InChI=1S/C19H27NO2/c21-19(22)17-9-11-18(12-10-17)20-13-14-5-7-16(8-6-14)15-3-1-2-4-15/h5-8,15,17-18,20H,1-4,9-13H2,(H,21,22). The fourth-order valence-electron chi connectivity index (χ4n) is 3.97. The average Bonchev–Trinajstić information content (AvgIpc) is 3.08. The maximum atomic E-state index is 11.0. The van der Waals surface area contributed by atoms with Crippen LogP contribution >= 0.6 is 0 Å². The first-order chi connectivity index (χ1) is 10.7. The van der Waals surface area contributed by atoms with Crippen molar-refractivity contribution >= 4 is 5.97 Å². The van der Waals surface area contributed by atoms with Crippen LogP contribution in [0.5, 0.6) is 0 Å². The molecule has 2 fully saturated rings. The molecule has 0 spiro atoms. The van der Waals surface area contributed by atoms with Crippen LogP contribution in [0, 0.1) is 5.92 Å². The van der Waals surface area contributed by atoms with E-state index in [0.29, 0.717) is 6.04 Å². The fraction of sp³-hybridized carbons (Fsp3) is 0.632. The second-order valence-electron chi connectivity index (χ2n) is 6.99. The number of hydrogen-bond donors (Lipinski definition) is 2. The Hall–Kier alpha value is -1.35. The maximum Gasteiger partial charge on any atom is 0.306 e. The summed E-state index contributed by atoms with van der Waals surface area (Å²) in [6, 6.07) is 9.58. The summed E-state index contributed by atoms with van der Waals surface area (Å²) in [5.41, 5.74) is 2.84. The summed E-state index contributed by atoms with van der Waals surface area (Å²) in [6.07, 6.45) is 9.06. The molecule has 22 heavy (non-hydrogen) atoms. The number of carboxylic acid groups (broad SMARTS) is 1. The summed E-state index contributed by atoms with van der Waals surface area (Å²) in [5.74, 6) is 0.0398. The van der Waals surface area contributed by atoms with Gasteiger partial charge in [-0.3, -0.25) is 4.79 Å². The topological polar surface area (TPSA) is 49.3 Å². The Kier molecular flexibility index (Phi) is 5.14. The average molecular weight is 301 g/mol. The molecule has 2 N–H and O–H groups in total. The summed E-state index contributed by atoms with van der Waals surface area (Å²) in [7, 11) is 0. The van der Waals surface area contributed by atoms with Crippen LogP contribution in [0.15, 0.2) is 24.3 Å². The Morgan fingerprint density at radius 1 is 1.00 bits per heavy atom. The molecule has 0 aliphatic heterocycles. The molecule has 0 saturated heterocycles. The highest BCUT2D eigenvalue weighted by Gasteiger charge is 2.25. The van der Waals surface area contributed by atoms with Crippen LogP contribution < -0.4 is 5.32 Å². The molecule has 1 aromatic carbocycles. The van der Waals surface area contributed by atoms with Crippen LogP contribution in [0.4, 0.5) is 0 Å². The molecule has 0 heterocycles. The van der Waals surface area contributed by atoms with Gasteiger partial charge in [-0.1, -0.05) is 37.1 Å². The molecular formula is C19H27NO2. The molecule has 3 rings (SSSR count). The van der Waals surface area contributed by atoms with E-state index < -0.39 is 5.97 Å². The van der Waals surface area contributed by atoms with Gasteiger partial charge in [-0.15, -0.1) is 0 Å². The second kappa shape index (κ2) is 7.28. The third-order valence-electron chi connectivity index (χ3n) is 5.48. The van der Waals surface area contributed by atoms with Gasteiger partial charge in [-0.25, -0.2) is 0 Å². The van der Waals surface area contributed by atoms with Crippen LogP contribution in [0.25, 0.3) is 0 Å². The predicted octanol–water partition coefficient (Wildman–Crippen LogP) is 4.08. The Labute approximate surface area is 133 Å². The minimum absolute atomic E-state index is 0.122. The highest BCUT2D eigenvalue weighted by atomic mass is 16.4. The lowest BCUT2D eigenvalue weighted by Crippen LogP contribution is -2.34. The van der Waals surface area contributed by atoms with Crippen molar-refractivity contribution in [3.05, 3.63) is 35.4 Å². The van der Waals surface area contributed by atoms with Gasteiger partial charge < -0.3 is 10.4 Å². The van der Waals surface area contributed by atoms with Crippen LogP contribution in [-0.4, -0.2) is 17.1 Å². The van der Waals surface area contributed by atoms with E-state index in [9.17, 15) is 4.79 Å². The van der Waals surface area contributed by atoms with Crippen molar-refractivity contribution in [2.24, 2.45) is 5.92 Å². The van der Waals surface area contributed by atoms with Crippen molar-refractivity contribution in [3.8, 4) is 0 Å². The van der Waals surface area contributed by atoms with Gasteiger partial charge in [0.05, 0.1) is 5.92 Å². The van der Waals surface area contributed by atoms with Crippen LogP contribution in [0.1, 0.15) is 68.4 Å². The van der Waals surface area contributed by atoms with Gasteiger partial charge in [0.2, 0.25) is 0 Å². The lowest BCUT2D eigenvalue weighted by molar-refractivity contribution is -0.142. The van der Waals surface area contributed by atoms with E-state index in [1.165, 1.54) is 36.8 Å². The molecule has 1 aromatic rings. The van der Waals surface area contributed by atoms with E-state index >= 15 is 0 Å². The van der Waals surface area contributed by atoms with Crippen molar-refractivity contribution in [3.63, 3.8) is 0 Å². The number of benzene rings is 1. The Bertz CT molecular complexity index is 483. The van der Waals surface area contributed by atoms with Gasteiger partial charge in [-0.2, -0.15) is 0 Å². The number of aliphatic carboxylic acids is 1. The highest BCUT2D eigenvalue weighted by molar-refractivity contribution is 5.70. The fourth-order valence-corrected chi connectivity index (χ4v) is 3.97. The third-order valence-corrected chi connectivity index (χ3v) is 5.48. The van der Waals surface area contributed by atoms with Crippen molar-refractivity contribution in [1.29, 1.82) is 0 Å². The third kappa shape index (κ3) is 3.89. The zero-order valence-corrected chi connectivity index (χ0v) is 13.3. The molecule has 0 unspecified atom stereocenters. The SMILES string of the molecule is O=C(O)C1CCC(NCc2ccc(C3CCCC3)cc2)CC1. The normalized spacial score (nSPS) is 26.2. The maximum absolute atomic E-state index is 11.0. The Morgan fingerprint density at radius 2 is 1.64 bits per heavy atom. The molecule has 0 amide bonds. The first kappa shape index (κ1) is 15.5. The molecule has 2 aliphatic carbocycles. The molecule has 2 saturated carbocycles. The van der Waals surface area contributed by atoms with Crippen molar-refractivity contribution in [2.45, 2.75) is 69.9 Å². The first-order valence-corrected chi connectivity index (χ1v) is 8.77. The molecule has 120 valence electrons. The molecule has 3 nitrogen and oxygen atoms in total. The van der Waals surface area contributed by atoms with Crippen LogP contribution in [0.3, 0.4) is 0 Å². The van der Waals surface area contributed by atoms with Crippen molar-refractivity contribution in [1.82, 2.24) is 5.32 Å². The first-order valence-electron chi connectivity index (χ1n) is 8.77. The monoisotopic (exact) mass is 301 g/mol. The van der Waals surface area contributed by atoms with E-state index in [1.54, 1.807) is 0 Å². The van der Waals surface area contributed by atoms with E-state index in [2.05, 4.69) is 29.6 Å². The lowest BCUT2D eigenvalue weighted by atomic mass is 9.86. The zero-order valence-electron chi connectivity index (χ0n) is 13.3. The number of carbonyl (C=O) groups is 1. The number of rotatable bonds is 5. The minimum Gasteiger partial charge on any atom is -0.481 e. The predicted molar refractivity (Wildman–Crippen MR) is 87.9 cm³/mol. The van der Waals surface area contributed by atoms with Gasteiger partial charge in [0.1, 0.15) is 0 Å². The van der Waals surface area contributed by atoms with Gasteiger partial charge in [0.25, 0.3) is 0 Å². The molecule has 0 atom stereocenters.